The van der Waals surface area contributed by atoms with Gasteiger partial charge in [0.2, 0.25) is 3.79 Å². The molecule has 4 nitrogen and oxygen atoms in total. The molecule has 1 atom stereocenters. The number of rotatable bonds is 4. The van der Waals surface area contributed by atoms with Crippen LogP contribution in [0.5, 0.6) is 0 Å². The van der Waals surface area contributed by atoms with Crippen molar-refractivity contribution in [3.63, 3.8) is 0 Å². The van der Waals surface area contributed by atoms with Crippen molar-refractivity contribution in [3.8, 4) is 0 Å². The Bertz CT molecular complexity index is 614. The highest BCUT2D eigenvalue weighted by molar-refractivity contribution is 6.68. The first-order valence-corrected chi connectivity index (χ1v) is 6.93. The van der Waals surface area contributed by atoms with E-state index in [1.165, 1.54) is 30.5 Å². The van der Waals surface area contributed by atoms with E-state index in [4.69, 9.17) is 39.2 Å². The normalized spacial score (nSPS) is 12.8. The zero-order chi connectivity index (χ0) is 15.5. The van der Waals surface area contributed by atoms with Gasteiger partial charge in [-0.15, -0.1) is 0 Å². The van der Waals surface area contributed by atoms with E-state index in [9.17, 15) is 9.18 Å². The van der Waals surface area contributed by atoms with Crippen molar-refractivity contribution in [2.75, 3.05) is 5.32 Å². The molecule has 2 rings (SSSR count). The van der Waals surface area contributed by atoms with Crippen molar-refractivity contribution in [1.82, 2.24) is 5.32 Å². The van der Waals surface area contributed by atoms with Crippen LogP contribution in [0.2, 0.25) is 0 Å². The molecule has 0 saturated heterocycles. The number of benzene rings is 1. The molecule has 8 heteroatoms. The van der Waals surface area contributed by atoms with E-state index in [0.29, 0.717) is 0 Å². The first kappa shape index (κ1) is 15.9. The number of hydrogen-bond acceptors (Lipinski definition) is 3. The number of anilines is 1. The van der Waals surface area contributed by atoms with Crippen LogP contribution in [-0.4, -0.2) is 15.9 Å². The molecule has 112 valence electrons. The summed E-state index contributed by atoms with van der Waals surface area (Å²) in [5.74, 6) is -1.09. The number of para-hydroxylation sites is 1. The number of furan rings is 1. The summed E-state index contributed by atoms with van der Waals surface area (Å²) in [6.45, 7) is 0. The van der Waals surface area contributed by atoms with Crippen LogP contribution in [0, 0.1) is 5.82 Å². The molecule has 0 bridgehead atoms. The van der Waals surface area contributed by atoms with Gasteiger partial charge in [0, 0.05) is 0 Å². The molecule has 0 aliphatic rings. The number of carbonyl (C=O) groups excluding carboxylic acids is 1. The van der Waals surface area contributed by atoms with Gasteiger partial charge < -0.3 is 15.1 Å². The van der Waals surface area contributed by atoms with Gasteiger partial charge in [0.05, 0.1) is 12.0 Å². The molecular formula is C13H10Cl3FN2O2. The van der Waals surface area contributed by atoms with E-state index in [0.717, 1.165) is 0 Å². The fourth-order valence-electron chi connectivity index (χ4n) is 1.54. The Labute approximate surface area is 135 Å². The minimum Gasteiger partial charge on any atom is -0.459 e. The fourth-order valence-corrected chi connectivity index (χ4v) is 1.87. The van der Waals surface area contributed by atoms with Crippen molar-refractivity contribution in [3.05, 3.63) is 54.2 Å². The van der Waals surface area contributed by atoms with E-state index in [1.54, 1.807) is 12.1 Å². The van der Waals surface area contributed by atoms with Crippen molar-refractivity contribution >= 4 is 46.4 Å². The van der Waals surface area contributed by atoms with Crippen LogP contribution in [0.25, 0.3) is 0 Å². The smallest absolute Gasteiger partial charge is 0.288 e. The first-order valence-electron chi connectivity index (χ1n) is 5.80. The molecule has 0 aliphatic carbocycles. The number of amides is 1. The molecule has 21 heavy (non-hydrogen) atoms. The molecule has 0 aliphatic heterocycles. The molecule has 1 aromatic carbocycles. The molecule has 0 fully saturated rings. The second kappa shape index (κ2) is 6.56. The Kier molecular flexibility index (Phi) is 4.98. The number of hydrogen-bond donors (Lipinski definition) is 2. The molecular weight excluding hydrogens is 342 g/mol. The largest absolute Gasteiger partial charge is 0.459 e. The van der Waals surface area contributed by atoms with E-state index in [2.05, 4.69) is 10.6 Å². The first-order chi connectivity index (χ1) is 9.88. The van der Waals surface area contributed by atoms with Gasteiger partial charge in [-0.3, -0.25) is 4.79 Å². The van der Waals surface area contributed by atoms with Gasteiger partial charge in [-0.2, -0.15) is 0 Å². The highest BCUT2D eigenvalue weighted by Gasteiger charge is 2.35. The summed E-state index contributed by atoms with van der Waals surface area (Å²) >= 11 is 17.4. The standard InChI is InChI=1S/C13H10Cl3FN2O2/c14-13(15,16)12(18-9-5-2-1-4-8(9)17)19-11(20)10-6-3-7-21-10/h1-7,12,18H,(H,19,20). The second-order valence-corrected chi connectivity index (χ2v) is 6.42. The average molecular weight is 352 g/mol. The van der Waals surface area contributed by atoms with Gasteiger partial charge in [0.1, 0.15) is 12.0 Å². The van der Waals surface area contributed by atoms with Crippen molar-refractivity contribution in [2.45, 2.75) is 9.96 Å². The second-order valence-electron chi connectivity index (χ2n) is 4.05. The molecule has 1 heterocycles. The Hall–Kier alpha value is -1.43. The van der Waals surface area contributed by atoms with Crippen LogP contribution >= 0.6 is 34.8 Å². The minimum absolute atomic E-state index is 0.0459. The van der Waals surface area contributed by atoms with Crippen LogP contribution < -0.4 is 10.6 Å². The third kappa shape index (κ3) is 4.27. The monoisotopic (exact) mass is 350 g/mol. The summed E-state index contributed by atoms with van der Waals surface area (Å²) in [6.07, 6.45) is 0.181. The molecule has 1 amide bonds. The summed E-state index contributed by atoms with van der Waals surface area (Å²) in [5.41, 5.74) is 0.0913. The summed E-state index contributed by atoms with van der Waals surface area (Å²) in [6, 6.07) is 8.82. The van der Waals surface area contributed by atoms with Crippen LogP contribution in [0.4, 0.5) is 10.1 Å². The summed E-state index contributed by atoms with van der Waals surface area (Å²) in [4.78, 5) is 11.9. The van der Waals surface area contributed by atoms with Crippen LogP contribution in [0.3, 0.4) is 0 Å². The van der Waals surface area contributed by atoms with Crippen molar-refractivity contribution < 1.29 is 13.6 Å². The molecule has 2 N–H and O–H groups in total. The fraction of sp³-hybridized carbons (Fsp3) is 0.154. The lowest BCUT2D eigenvalue weighted by molar-refractivity contribution is 0.0914. The van der Waals surface area contributed by atoms with Gasteiger partial charge in [-0.05, 0) is 24.3 Å². The van der Waals surface area contributed by atoms with Crippen LogP contribution in [0.15, 0.2) is 47.1 Å². The van der Waals surface area contributed by atoms with Crippen molar-refractivity contribution in [2.24, 2.45) is 0 Å². The highest BCUT2D eigenvalue weighted by Crippen LogP contribution is 2.31. The number of nitrogens with one attached hydrogen (secondary N) is 2. The topological polar surface area (TPSA) is 54.3 Å². The Morgan fingerprint density at radius 1 is 1.19 bits per heavy atom. The van der Waals surface area contributed by atoms with Gasteiger partial charge in [0.15, 0.2) is 5.76 Å². The maximum Gasteiger partial charge on any atom is 0.288 e. The third-order valence-electron chi connectivity index (χ3n) is 2.52. The van der Waals surface area contributed by atoms with E-state index < -0.39 is 21.7 Å². The zero-order valence-corrected chi connectivity index (χ0v) is 12.7. The van der Waals surface area contributed by atoms with Crippen LogP contribution in [-0.2, 0) is 0 Å². The van der Waals surface area contributed by atoms with Crippen LogP contribution in [0.1, 0.15) is 10.6 Å². The predicted octanol–water partition coefficient (Wildman–Crippen LogP) is 3.96. The minimum atomic E-state index is -1.90. The summed E-state index contributed by atoms with van der Waals surface area (Å²) < 4.78 is 16.7. The summed E-state index contributed by atoms with van der Waals surface area (Å²) in [7, 11) is 0. The quantitative estimate of drug-likeness (QED) is 0.647. The Morgan fingerprint density at radius 2 is 1.90 bits per heavy atom. The highest BCUT2D eigenvalue weighted by atomic mass is 35.6. The van der Waals surface area contributed by atoms with Crippen molar-refractivity contribution in [1.29, 1.82) is 0 Å². The Morgan fingerprint density at radius 3 is 2.48 bits per heavy atom. The third-order valence-corrected chi connectivity index (χ3v) is 3.18. The van der Waals surface area contributed by atoms with E-state index >= 15 is 0 Å². The summed E-state index contributed by atoms with van der Waals surface area (Å²) in [5, 5.41) is 5.06. The predicted molar refractivity (Wildman–Crippen MR) is 80.3 cm³/mol. The molecule has 0 radical (unpaired) electrons. The lowest BCUT2D eigenvalue weighted by Gasteiger charge is -2.27. The lowest BCUT2D eigenvalue weighted by atomic mass is 10.3. The zero-order valence-electron chi connectivity index (χ0n) is 10.4. The van der Waals surface area contributed by atoms with E-state index in [-0.39, 0.29) is 11.4 Å². The SMILES string of the molecule is O=C(NC(Nc1ccccc1F)C(Cl)(Cl)Cl)c1ccco1. The molecule has 0 spiro atoms. The number of halogens is 4. The number of carbonyl (C=O) groups is 1. The molecule has 2 aromatic rings. The maximum atomic E-state index is 13.6. The van der Waals surface area contributed by atoms with E-state index in [1.807, 2.05) is 0 Å². The molecule has 1 aromatic heterocycles. The lowest BCUT2D eigenvalue weighted by Crippen LogP contribution is -2.49. The van der Waals surface area contributed by atoms with Gasteiger partial charge in [0.25, 0.3) is 5.91 Å². The van der Waals surface area contributed by atoms with Gasteiger partial charge >= 0.3 is 0 Å². The molecule has 0 saturated carbocycles. The maximum absolute atomic E-state index is 13.6. The number of alkyl halides is 3. The van der Waals surface area contributed by atoms with Gasteiger partial charge in [-0.1, -0.05) is 46.9 Å². The molecule has 1 unspecified atom stereocenters. The Balaban J connectivity index is 2.16. The average Bonchev–Trinajstić information content (AvgIpc) is 2.93. The van der Waals surface area contributed by atoms with Gasteiger partial charge in [-0.25, -0.2) is 4.39 Å².